The molecule has 1 aliphatic rings. The topological polar surface area (TPSA) is 43.4 Å². The monoisotopic (exact) mass is 252 g/mol. The molecule has 0 N–H and O–H groups in total. The predicted octanol–water partition coefficient (Wildman–Crippen LogP) is 2.99. The van der Waals surface area contributed by atoms with Crippen LogP contribution in [0.2, 0.25) is 0 Å². The molecule has 0 aromatic heterocycles. The fourth-order valence-electron chi connectivity index (χ4n) is 2.54. The van der Waals surface area contributed by atoms with Gasteiger partial charge in [0, 0.05) is 11.1 Å². The van der Waals surface area contributed by atoms with Gasteiger partial charge in [0.15, 0.2) is 5.78 Å². The Labute approximate surface area is 110 Å². The summed E-state index contributed by atoms with van der Waals surface area (Å²) in [5.74, 6) is -0.447. The number of hydrogen-bond acceptors (Lipinski definition) is 3. The van der Waals surface area contributed by atoms with Crippen molar-refractivity contribution in [3.8, 4) is 11.1 Å². The lowest BCUT2D eigenvalue weighted by Crippen LogP contribution is -2.03. The van der Waals surface area contributed by atoms with Crippen LogP contribution in [0.5, 0.6) is 0 Å². The van der Waals surface area contributed by atoms with Crippen LogP contribution in [-0.4, -0.2) is 18.9 Å². The Morgan fingerprint density at radius 1 is 1.05 bits per heavy atom. The van der Waals surface area contributed by atoms with Crippen LogP contribution in [0.4, 0.5) is 0 Å². The van der Waals surface area contributed by atoms with Crippen LogP contribution in [0.15, 0.2) is 36.4 Å². The van der Waals surface area contributed by atoms with Crippen molar-refractivity contribution in [3.63, 3.8) is 0 Å². The molecule has 0 bridgehead atoms. The Morgan fingerprint density at radius 3 is 2.58 bits per heavy atom. The van der Waals surface area contributed by atoms with Crippen molar-refractivity contribution in [3.05, 3.63) is 58.7 Å². The van der Waals surface area contributed by atoms with Crippen molar-refractivity contribution in [1.29, 1.82) is 0 Å². The number of esters is 1. The second-order valence-corrected chi connectivity index (χ2v) is 4.58. The SMILES string of the molecule is COC(=O)c1ccc2c(c1)C(=O)c1c(C)cccc1-2. The quantitative estimate of drug-likeness (QED) is 0.625. The number of methoxy groups -OCH3 is 1. The van der Waals surface area contributed by atoms with E-state index in [4.69, 9.17) is 0 Å². The van der Waals surface area contributed by atoms with E-state index in [1.165, 1.54) is 7.11 Å². The number of ketones is 1. The standard InChI is InChI=1S/C16H12O3/c1-9-4-3-5-12-11-7-6-10(16(18)19-2)8-13(11)15(17)14(9)12/h3-8H,1-2H3. The van der Waals surface area contributed by atoms with E-state index in [-0.39, 0.29) is 5.78 Å². The number of ether oxygens (including phenoxy) is 1. The minimum atomic E-state index is -0.428. The first kappa shape index (κ1) is 11.7. The summed E-state index contributed by atoms with van der Waals surface area (Å²) in [6.07, 6.45) is 0. The van der Waals surface area contributed by atoms with Crippen LogP contribution in [0.3, 0.4) is 0 Å². The number of aryl methyl sites for hydroxylation is 1. The molecule has 2 aromatic carbocycles. The molecule has 0 atom stereocenters. The Bertz CT molecular complexity index is 714. The largest absolute Gasteiger partial charge is 0.465 e. The van der Waals surface area contributed by atoms with E-state index in [2.05, 4.69) is 4.74 Å². The average Bonchev–Trinajstić information content (AvgIpc) is 2.72. The van der Waals surface area contributed by atoms with Gasteiger partial charge >= 0.3 is 5.97 Å². The van der Waals surface area contributed by atoms with Crippen LogP contribution in [0.1, 0.15) is 31.8 Å². The number of benzene rings is 2. The van der Waals surface area contributed by atoms with E-state index in [9.17, 15) is 9.59 Å². The van der Waals surface area contributed by atoms with Gasteiger partial charge in [-0.1, -0.05) is 24.3 Å². The van der Waals surface area contributed by atoms with Crippen molar-refractivity contribution in [2.75, 3.05) is 7.11 Å². The summed E-state index contributed by atoms with van der Waals surface area (Å²) in [5, 5.41) is 0. The highest BCUT2D eigenvalue weighted by molar-refractivity contribution is 6.23. The van der Waals surface area contributed by atoms with Crippen LogP contribution < -0.4 is 0 Å². The number of carbonyl (C=O) groups is 2. The second-order valence-electron chi connectivity index (χ2n) is 4.58. The van der Waals surface area contributed by atoms with Gasteiger partial charge < -0.3 is 4.74 Å². The Kier molecular flexibility index (Phi) is 2.49. The minimum Gasteiger partial charge on any atom is -0.465 e. The lowest BCUT2D eigenvalue weighted by molar-refractivity contribution is 0.0601. The third kappa shape index (κ3) is 1.58. The number of fused-ring (bicyclic) bond motifs is 3. The van der Waals surface area contributed by atoms with Crippen molar-refractivity contribution in [2.24, 2.45) is 0 Å². The van der Waals surface area contributed by atoms with E-state index in [1.807, 2.05) is 31.2 Å². The third-order valence-electron chi connectivity index (χ3n) is 3.48. The predicted molar refractivity (Wildman–Crippen MR) is 71.4 cm³/mol. The molecular formula is C16H12O3. The number of carbonyl (C=O) groups excluding carboxylic acids is 2. The first-order chi connectivity index (χ1) is 9.13. The number of rotatable bonds is 1. The van der Waals surface area contributed by atoms with Crippen molar-refractivity contribution < 1.29 is 14.3 Å². The maximum Gasteiger partial charge on any atom is 0.337 e. The highest BCUT2D eigenvalue weighted by atomic mass is 16.5. The first-order valence-corrected chi connectivity index (χ1v) is 6.00. The molecule has 0 radical (unpaired) electrons. The smallest absolute Gasteiger partial charge is 0.337 e. The molecular weight excluding hydrogens is 240 g/mol. The van der Waals surface area contributed by atoms with Gasteiger partial charge in [0.05, 0.1) is 12.7 Å². The van der Waals surface area contributed by atoms with Crippen LogP contribution in [0.25, 0.3) is 11.1 Å². The zero-order valence-electron chi connectivity index (χ0n) is 10.7. The molecule has 0 saturated heterocycles. The van der Waals surface area contributed by atoms with Gasteiger partial charge in [-0.05, 0) is 35.7 Å². The maximum atomic E-state index is 12.4. The molecule has 0 amide bonds. The summed E-state index contributed by atoms with van der Waals surface area (Å²) in [7, 11) is 1.33. The zero-order chi connectivity index (χ0) is 13.6. The molecule has 0 saturated carbocycles. The Balaban J connectivity index is 2.22. The van der Waals surface area contributed by atoms with Gasteiger partial charge in [-0.2, -0.15) is 0 Å². The minimum absolute atomic E-state index is 0.0196. The summed E-state index contributed by atoms with van der Waals surface area (Å²) in [6, 6.07) is 10.9. The lowest BCUT2D eigenvalue weighted by atomic mass is 10.0. The van der Waals surface area contributed by atoms with Gasteiger partial charge in [0.25, 0.3) is 0 Å². The van der Waals surface area contributed by atoms with E-state index >= 15 is 0 Å². The average molecular weight is 252 g/mol. The molecule has 0 fully saturated rings. The van der Waals surface area contributed by atoms with Crippen molar-refractivity contribution in [1.82, 2.24) is 0 Å². The molecule has 3 rings (SSSR count). The van der Waals surface area contributed by atoms with Crippen LogP contribution in [-0.2, 0) is 4.74 Å². The fourth-order valence-corrected chi connectivity index (χ4v) is 2.54. The summed E-state index contributed by atoms with van der Waals surface area (Å²) in [5.41, 5.74) is 4.50. The summed E-state index contributed by atoms with van der Waals surface area (Å²) in [4.78, 5) is 23.9. The van der Waals surface area contributed by atoms with Gasteiger partial charge in [0.1, 0.15) is 0 Å². The maximum absolute atomic E-state index is 12.4. The molecule has 0 unspecified atom stereocenters. The van der Waals surface area contributed by atoms with Crippen LogP contribution >= 0.6 is 0 Å². The zero-order valence-corrected chi connectivity index (χ0v) is 10.7. The van der Waals surface area contributed by atoms with E-state index in [0.717, 1.165) is 22.3 Å². The normalized spacial score (nSPS) is 12.0. The van der Waals surface area contributed by atoms with Gasteiger partial charge in [-0.25, -0.2) is 4.79 Å². The number of hydrogen-bond donors (Lipinski definition) is 0. The molecule has 3 nitrogen and oxygen atoms in total. The van der Waals surface area contributed by atoms with Gasteiger partial charge in [-0.15, -0.1) is 0 Å². The first-order valence-electron chi connectivity index (χ1n) is 6.00. The third-order valence-corrected chi connectivity index (χ3v) is 3.48. The molecule has 1 aliphatic carbocycles. The Morgan fingerprint density at radius 2 is 1.84 bits per heavy atom. The van der Waals surface area contributed by atoms with Crippen molar-refractivity contribution in [2.45, 2.75) is 6.92 Å². The lowest BCUT2D eigenvalue weighted by Gasteiger charge is -2.02. The fraction of sp³-hybridized carbons (Fsp3) is 0.125. The molecule has 19 heavy (non-hydrogen) atoms. The van der Waals surface area contributed by atoms with Gasteiger partial charge in [0.2, 0.25) is 0 Å². The van der Waals surface area contributed by atoms with E-state index in [1.54, 1.807) is 12.1 Å². The molecule has 0 heterocycles. The van der Waals surface area contributed by atoms with Gasteiger partial charge in [-0.3, -0.25) is 4.79 Å². The molecule has 2 aromatic rings. The molecule has 0 aliphatic heterocycles. The summed E-state index contributed by atoms with van der Waals surface area (Å²) in [6.45, 7) is 1.92. The highest BCUT2D eigenvalue weighted by Crippen LogP contribution is 2.38. The second kappa shape index (κ2) is 4.05. The molecule has 94 valence electrons. The van der Waals surface area contributed by atoms with E-state index < -0.39 is 5.97 Å². The molecule has 3 heteroatoms. The Hall–Kier alpha value is -2.42. The highest BCUT2D eigenvalue weighted by Gasteiger charge is 2.28. The van der Waals surface area contributed by atoms with E-state index in [0.29, 0.717) is 11.1 Å². The van der Waals surface area contributed by atoms with Crippen molar-refractivity contribution >= 4 is 11.8 Å². The summed E-state index contributed by atoms with van der Waals surface area (Å²) < 4.78 is 4.68. The molecule has 0 spiro atoms. The summed E-state index contributed by atoms with van der Waals surface area (Å²) >= 11 is 0. The van der Waals surface area contributed by atoms with Crippen LogP contribution in [0, 0.1) is 6.92 Å².